The Morgan fingerprint density at radius 2 is 1.95 bits per heavy atom. The lowest BCUT2D eigenvalue weighted by Gasteiger charge is -2.34. The Morgan fingerprint density at radius 3 is 2.40 bits per heavy atom. The summed E-state index contributed by atoms with van der Waals surface area (Å²) in [4.78, 5) is 14.5. The quantitative estimate of drug-likeness (QED) is 0.692. The molecule has 1 amide bonds. The predicted octanol–water partition coefficient (Wildman–Crippen LogP) is 1.37. The van der Waals surface area contributed by atoms with E-state index in [2.05, 4.69) is 28.4 Å². The minimum atomic E-state index is -0.482. The lowest BCUT2D eigenvalue weighted by molar-refractivity contribution is -0.124. The molecule has 0 atom stereocenters. The number of amides is 1. The van der Waals surface area contributed by atoms with E-state index in [4.69, 9.17) is 6.42 Å². The molecule has 0 aromatic rings. The zero-order valence-electron chi connectivity index (χ0n) is 13.2. The number of carbonyl (C=O) groups is 1. The molecule has 0 saturated carbocycles. The van der Waals surface area contributed by atoms with Crippen molar-refractivity contribution in [2.75, 3.05) is 26.2 Å². The number of likely N-dealkylation sites (N-methyl/N-ethyl adjacent to an activating group) is 1. The molecule has 1 fully saturated rings. The molecule has 0 aromatic carbocycles. The standard InChI is InChI=1S/C16H29N3O/c1-5-16(6-2,7-3)18-15(20)13-19(8-4)14-9-11-17-12-10-14/h1,14,17H,6-13H2,2-4H3,(H,18,20). The van der Waals surface area contributed by atoms with Gasteiger partial charge in [-0.3, -0.25) is 9.69 Å². The Morgan fingerprint density at radius 1 is 1.35 bits per heavy atom. The van der Waals surface area contributed by atoms with Crippen molar-refractivity contribution < 1.29 is 4.79 Å². The molecule has 114 valence electrons. The second-order valence-electron chi connectivity index (χ2n) is 5.53. The van der Waals surface area contributed by atoms with E-state index in [1.165, 1.54) is 0 Å². The molecule has 0 radical (unpaired) electrons. The van der Waals surface area contributed by atoms with Crippen molar-refractivity contribution in [1.82, 2.24) is 15.5 Å². The van der Waals surface area contributed by atoms with Crippen LogP contribution in [0.5, 0.6) is 0 Å². The van der Waals surface area contributed by atoms with E-state index < -0.39 is 5.54 Å². The van der Waals surface area contributed by atoms with Crippen molar-refractivity contribution in [2.24, 2.45) is 0 Å². The molecule has 0 aromatic heterocycles. The Bertz CT molecular complexity index is 338. The number of hydrogen-bond donors (Lipinski definition) is 2. The van der Waals surface area contributed by atoms with Crippen LogP contribution in [0.4, 0.5) is 0 Å². The molecule has 1 aliphatic heterocycles. The number of rotatable bonds is 7. The third-order valence-electron chi connectivity index (χ3n) is 4.44. The van der Waals surface area contributed by atoms with Crippen LogP contribution in [0.2, 0.25) is 0 Å². The van der Waals surface area contributed by atoms with Crippen LogP contribution in [0.15, 0.2) is 0 Å². The normalized spacial score (nSPS) is 16.9. The zero-order chi connectivity index (χ0) is 15.0. The summed E-state index contributed by atoms with van der Waals surface area (Å²) in [6, 6.07) is 0.510. The highest BCUT2D eigenvalue weighted by Gasteiger charge is 2.27. The predicted molar refractivity (Wildman–Crippen MR) is 83.4 cm³/mol. The van der Waals surface area contributed by atoms with Gasteiger partial charge in [-0.05, 0) is 45.3 Å². The molecule has 0 unspecified atom stereocenters. The minimum absolute atomic E-state index is 0.0482. The lowest BCUT2D eigenvalue weighted by atomic mass is 9.94. The van der Waals surface area contributed by atoms with E-state index in [1.807, 2.05) is 13.8 Å². The summed E-state index contributed by atoms with van der Waals surface area (Å²) in [5.74, 6) is 2.80. The second kappa shape index (κ2) is 8.28. The molecule has 20 heavy (non-hydrogen) atoms. The van der Waals surface area contributed by atoms with Crippen LogP contribution in [-0.2, 0) is 4.79 Å². The van der Waals surface area contributed by atoms with Crippen LogP contribution in [0.25, 0.3) is 0 Å². The third kappa shape index (κ3) is 4.50. The van der Waals surface area contributed by atoms with E-state index in [1.54, 1.807) is 0 Å². The van der Waals surface area contributed by atoms with Crippen LogP contribution < -0.4 is 10.6 Å². The Labute approximate surface area is 123 Å². The smallest absolute Gasteiger partial charge is 0.235 e. The topological polar surface area (TPSA) is 44.4 Å². The number of hydrogen-bond acceptors (Lipinski definition) is 3. The van der Waals surface area contributed by atoms with E-state index in [0.29, 0.717) is 12.6 Å². The third-order valence-corrected chi connectivity index (χ3v) is 4.44. The molecule has 2 N–H and O–H groups in total. The van der Waals surface area contributed by atoms with E-state index in [-0.39, 0.29) is 5.91 Å². The average Bonchev–Trinajstić information content (AvgIpc) is 2.51. The highest BCUT2D eigenvalue weighted by atomic mass is 16.2. The molecule has 0 spiro atoms. The molecule has 4 heteroatoms. The SMILES string of the molecule is C#CC(CC)(CC)NC(=O)CN(CC)C1CCNCC1. The average molecular weight is 279 g/mol. The Balaban J connectivity index is 2.56. The van der Waals surface area contributed by atoms with E-state index >= 15 is 0 Å². The van der Waals surface area contributed by atoms with Gasteiger partial charge in [0, 0.05) is 6.04 Å². The summed E-state index contributed by atoms with van der Waals surface area (Å²) in [7, 11) is 0. The highest BCUT2D eigenvalue weighted by Crippen LogP contribution is 2.15. The fourth-order valence-electron chi connectivity index (χ4n) is 2.83. The first-order valence-electron chi connectivity index (χ1n) is 7.84. The van der Waals surface area contributed by atoms with Gasteiger partial charge in [-0.1, -0.05) is 26.7 Å². The first-order valence-corrected chi connectivity index (χ1v) is 7.84. The molecule has 0 bridgehead atoms. The monoisotopic (exact) mass is 279 g/mol. The van der Waals surface area contributed by atoms with Crippen LogP contribution in [-0.4, -0.2) is 48.6 Å². The first kappa shape index (κ1) is 17.0. The number of carbonyl (C=O) groups excluding carboxylic acids is 1. The van der Waals surface area contributed by atoms with E-state index in [0.717, 1.165) is 45.3 Å². The van der Waals surface area contributed by atoms with Crippen molar-refractivity contribution in [3.8, 4) is 12.3 Å². The van der Waals surface area contributed by atoms with Gasteiger partial charge in [-0.2, -0.15) is 0 Å². The molecule has 4 nitrogen and oxygen atoms in total. The fourth-order valence-corrected chi connectivity index (χ4v) is 2.83. The van der Waals surface area contributed by atoms with Gasteiger partial charge in [0.15, 0.2) is 0 Å². The molecule has 1 heterocycles. The van der Waals surface area contributed by atoms with Gasteiger partial charge in [-0.15, -0.1) is 6.42 Å². The van der Waals surface area contributed by atoms with Crippen molar-refractivity contribution in [3.05, 3.63) is 0 Å². The molecular formula is C16H29N3O. The maximum atomic E-state index is 12.3. The first-order chi connectivity index (χ1) is 9.60. The molecule has 1 aliphatic rings. The van der Waals surface area contributed by atoms with Gasteiger partial charge >= 0.3 is 0 Å². The largest absolute Gasteiger partial charge is 0.339 e. The van der Waals surface area contributed by atoms with Crippen LogP contribution >= 0.6 is 0 Å². The number of terminal acetylenes is 1. The molecule has 0 aliphatic carbocycles. The van der Waals surface area contributed by atoms with Crippen LogP contribution in [0, 0.1) is 12.3 Å². The summed E-state index contributed by atoms with van der Waals surface area (Å²) in [6.07, 6.45) is 9.36. The lowest BCUT2D eigenvalue weighted by Crippen LogP contribution is -2.52. The maximum absolute atomic E-state index is 12.3. The highest BCUT2D eigenvalue weighted by molar-refractivity contribution is 5.79. The maximum Gasteiger partial charge on any atom is 0.235 e. The second-order valence-corrected chi connectivity index (χ2v) is 5.53. The molecule has 1 saturated heterocycles. The fraction of sp³-hybridized carbons (Fsp3) is 0.812. The van der Waals surface area contributed by atoms with Crippen molar-refractivity contribution in [3.63, 3.8) is 0 Å². The van der Waals surface area contributed by atoms with E-state index in [9.17, 15) is 4.79 Å². The number of nitrogens with one attached hydrogen (secondary N) is 2. The van der Waals surface area contributed by atoms with Crippen LogP contribution in [0.1, 0.15) is 46.5 Å². The van der Waals surface area contributed by atoms with Crippen LogP contribution in [0.3, 0.4) is 0 Å². The van der Waals surface area contributed by atoms with Crippen molar-refractivity contribution in [1.29, 1.82) is 0 Å². The summed E-state index contributed by atoms with van der Waals surface area (Å²) >= 11 is 0. The Hall–Kier alpha value is -1.05. The minimum Gasteiger partial charge on any atom is -0.339 e. The molecular weight excluding hydrogens is 250 g/mol. The van der Waals surface area contributed by atoms with Gasteiger partial charge in [0.2, 0.25) is 5.91 Å². The van der Waals surface area contributed by atoms with Gasteiger partial charge in [0.05, 0.1) is 6.54 Å². The number of nitrogens with zero attached hydrogens (tertiary/aromatic N) is 1. The summed E-state index contributed by atoms with van der Waals surface area (Å²) in [5.41, 5.74) is -0.482. The van der Waals surface area contributed by atoms with Gasteiger partial charge in [-0.25, -0.2) is 0 Å². The molecule has 1 rings (SSSR count). The summed E-state index contributed by atoms with van der Waals surface area (Å²) in [5, 5.41) is 6.41. The summed E-state index contributed by atoms with van der Waals surface area (Å²) in [6.45, 7) is 9.59. The van der Waals surface area contributed by atoms with Crippen molar-refractivity contribution >= 4 is 5.91 Å². The van der Waals surface area contributed by atoms with Gasteiger partial charge < -0.3 is 10.6 Å². The zero-order valence-corrected chi connectivity index (χ0v) is 13.2. The summed E-state index contributed by atoms with van der Waals surface area (Å²) < 4.78 is 0. The van der Waals surface area contributed by atoms with Gasteiger partial charge in [0.1, 0.15) is 5.54 Å². The Kier molecular flexibility index (Phi) is 7.04. The van der Waals surface area contributed by atoms with Crippen molar-refractivity contribution in [2.45, 2.75) is 58.0 Å². The van der Waals surface area contributed by atoms with Gasteiger partial charge in [0.25, 0.3) is 0 Å². The number of piperidine rings is 1.